The Morgan fingerprint density at radius 3 is 2.62 bits per heavy atom. The van der Waals surface area contributed by atoms with Crippen LogP contribution >= 0.6 is 21.6 Å². The van der Waals surface area contributed by atoms with Crippen molar-refractivity contribution < 1.29 is 23.9 Å². The third-order valence-corrected chi connectivity index (χ3v) is 5.67. The second-order valence-electron chi connectivity index (χ2n) is 5.96. The highest BCUT2D eigenvalue weighted by atomic mass is 33.1. The van der Waals surface area contributed by atoms with Gasteiger partial charge in [0.1, 0.15) is 11.6 Å². The lowest BCUT2D eigenvalue weighted by molar-refractivity contribution is -0.125. The average molecular weight is 444 g/mol. The monoisotopic (exact) mass is 443 g/mol. The smallest absolute Gasteiger partial charge is 0.220 e. The van der Waals surface area contributed by atoms with Crippen LogP contribution in [0.2, 0.25) is 0 Å². The van der Waals surface area contributed by atoms with E-state index in [0.717, 1.165) is 5.03 Å². The van der Waals surface area contributed by atoms with Gasteiger partial charge in [-0.3, -0.25) is 14.4 Å². The third-order valence-electron chi connectivity index (χ3n) is 3.40. The normalized spacial score (nSPS) is 10.5. The van der Waals surface area contributed by atoms with E-state index in [-0.39, 0.29) is 24.2 Å². The van der Waals surface area contributed by atoms with Gasteiger partial charge in [0.05, 0.1) is 19.8 Å². The highest BCUT2D eigenvalue weighted by molar-refractivity contribution is 8.76. The summed E-state index contributed by atoms with van der Waals surface area (Å²) in [7, 11) is 3.14. The summed E-state index contributed by atoms with van der Waals surface area (Å²) >= 11 is 0. The van der Waals surface area contributed by atoms with Crippen molar-refractivity contribution in [3.8, 4) is 0 Å². The number of amides is 2. The second kappa shape index (κ2) is 17.3. The number of Topliss-reactive ketones (excluding diaryl/α,β-unsaturated/α-hetero) is 1. The Hall–Kier alpha value is -1.62. The van der Waals surface area contributed by atoms with Crippen molar-refractivity contribution >= 4 is 39.2 Å². The van der Waals surface area contributed by atoms with E-state index in [1.54, 1.807) is 27.8 Å². The molecule has 0 bridgehead atoms. The summed E-state index contributed by atoms with van der Waals surface area (Å²) in [6, 6.07) is 5.73. The molecule has 1 heterocycles. The molecule has 0 fully saturated rings. The minimum absolute atomic E-state index is 0.000174. The van der Waals surface area contributed by atoms with Crippen molar-refractivity contribution in [2.45, 2.75) is 31.2 Å². The van der Waals surface area contributed by atoms with Gasteiger partial charge in [0, 0.05) is 44.8 Å². The molecular weight excluding hydrogens is 414 g/mol. The van der Waals surface area contributed by atoms with Crippen molar-refractivity contribution in [1.29, 1.82) is 0 Å². The Bertz CT molecular complexity index is 605. The summed E-state index contributed by atoms with van der Waals surface area (Å²) in [5.74, 6) is 0.594. The first-order chi connectivity index (χ1) is 14.1. The Morgan fingerprint density at radius 2 is 1.86 bits per heavy atom. The lowest BCUT2D eigenvalue weighted by Gasteiger charge is -2.07. The summed E-state index contributed by atoms with van der Waals surface area (Å²) < 4.78 is 10.5. The Kier molecular flexibility index (Phi) is 15.1. The van der Waals surface area contributed by atoms with Gasteiger partial charge in [-0.2, -0.15) is 0 Å². The first-order valence-corrected chi connectivity index (χ1v) is 11.8. The van der Waals surface area contributed by atoms with Crippen LogP contribution in [0.3, 0.4) is 0 Å². The van der Waals surface area contributed by atoms with Crippen molar-refractivity contribution in [2.75, 3.05) is 45.3 Å². The maximum Gasteiger partial charge on any atom is 0.220 e. The van der Waals surface area contributed by atoms with Crippen LogP contribution in [0.5, 0.6) is 0 Å². The van der Waals surface area contributed by atoms with Gasteiger partial charge in [-0.25, -0.2) is 4.98 Å². The van der Waals surface area contributed by atoms with E-state index in [2.05, 4.69) is 15.6 Å². The molecule has 0 saturated heterocycles. The van der Waals surface area contributed by atoms with Gasteiger partial charge in [-0.15, -0.1) is 0 Å². The van der Waals surface area contributed by atoms with Crippen LogP contribution in [0.1, 0.15) is 26.2 Å². The number of ether oxygens (including phenoxy) is 2. The van der Waals surface area contributed by atoms with Crippen LogP contribution < -0.4 is 10.6 Å². The van der Waals surface area contributed by atoms with E-state index in [9.17, 15) is 14.4 Å². The molecule has 0 spiro atoms. The lowest BCUT2D eigenvalue weighted by Crippen LogP contribution is -2.25. The van der Waals surface area contributed by atoms with Crippen LogP contribution in [0.4, 0.5) is 0 Å². The van der Waals surface area contributed by atoms with E-state index in [4.69, 9.17) is 9.47 Å². The van der Waals surface area contributed by atoms with E-state index >= 15 is 0 Å². The molecule has 0 radical (unpaired) electrons. The average Bonchev–Trinajstić information content (AvgIpc) is 2.71. The number of carbonyl (C=O) groups is 3. The molecule has 0 aliphatic heterocycles. The van der Waals surface area contributed by atoms with Crippen molar-refractivity contribution in [3.05, 3.63) is 24.4 Å². The minimum atomic E-state index is -0.0925. The quantitative estimate of drug-likeness (QED) is 0.278. The molecule has 0 unspecified atom stereocenters. The highest BCUT2D eigenvalue weighted by Crippen LogP contribution is 2.29. The van der Waals surface area contributed by atoms with Crippen molar-refractivity contribution in [1.82, 2.24) is 15.6 Å². The van der Waals surface area contributed by atoms with Crippen LogP contribution in [-0.2, 0) is 23.9 Å². The fourth-order valence-corrected chi connectivity index (χ4v) is 3.88. The predicted octanol–water partition coefficient (Wildman–Crippen LogP) is 1.85. The van der Waals surface area contributed by atoms with Gasteiger partial charge in [0.25, 0.3) is 0 Å². The SMILES string of the molecule is CC(=O)NCCOCCOCC(=O)CCCNC(=O)CCSSc1ccccn1. The third kappa shape index (κ3) is 15.9. The Balaban J connectivity index is 1.87. The fourth-order valence-electron chi connectivity index (χ4n) is 2.01. The highest BCUT2D eigenvalue weighted by Gasteiger charge is 2.05. The fraction of sp³-hybridized carbons (Fsp3) is 0.579. The number of carbonyl (C=O) groups excluding carboxylic acids is 3. The Labute approximate surface area is 179 Å². The van der Waals surface area contributed by atoms with Gasteiger partial charge < -0.3 is 20.1 Å². The van der Waals surface area contributed by atoms with Crippen LogP contribution in [0.25, 0.3) is 0 Å². The standard InChI is InChI=1S/C19H29N3O5S2/c1-16(23)20-10-11-26-12-13-27-15-17(24)5-4-9-21-18(25)7-14-28-29-19-6-2-3-8-22-19/h2-3,6,8H,4-5,7,9-15H2,1H3,(H,20,23)(H,21,25). The molecule has 1 aromatic rings. The van der Waals surface area contributed by atoms with Crippen molar-refractivity contribution in [3.63, 3.8) is 0 Å². The Morgan fingerprint density at radius 1 is 1.03 bits per heavy atom. The maximum atomic E-state index is 11.8. The van der Waals surface area contributed by atoms with Gasteiger partial charge in [0.15, 0.2) is 5.78 Å². The molecule has 1 aromatic heterocycles. The molecule has 2 N–H and O–H groups in total. The molecular formula is C19H29N3O5S2. The number of pyridine rings is 1. The minimum Gasteiger partial charge on any atom is -0.377 e. The van der Waals surface area contributed by atoms with Gasteiger partial charge >= 0.3 is 0 Å². The molecule has 0 atom stereocenters. The molecule has 29 heavy (non-hydrogen) atoms. The van der Waals surface area contributed by atoms with E-state index in [0.29, 0.717) is 57.9 Å². The number of nitrogens with one attached hydrogen (secondary N) is 2. The molecule has 0 aliphatic rings. The number of ketones is 1. The second-order valence-corrected chi connectivity index (χ2v) is 8.40. The van der Waals surface area contributed by atoms with Gasteiger partial charge in [-0.1, -0.05) is 16.9 Å². The van der Waals surface area contributed by atoms with E-state index in [1.165, 1.54) is 6.92 Å². The summed E-state index contributed by atoms with van der Waals surface area (Å²) in [6.07, 6.45) is 3.14. The molecule has 0 aromatic carbocycles. The number of aromatic nitrogens is 1. The summed E-state index contributed by atoms with van der Waals surface area (Å²) in [5.41, 5.74) is 0. The van der Waals surface area contributed by atoms with E-state index in [1.807, 2.05) is 18.2 Å². The molecule has 0 aliphatic carbocycles. The zero-order valence-corrected chi connectivity index (χ0v) is 18.3. The number of hydrogen-bond donors (Lipinski definition) is 2. The largest absolute Gasteiger partial charge is 0.377 e. The summed E-state index contributed by atoms with van der Waals surface area (Å²) in [5, 5.41) is 6.37. The lowest BCUT2D eigenvalue weighted by atomic mass is 10.2. The zero-order valence-electron chi connectivity index (χ0n) is 16.7. The molecule has 10 heteroatoms. The zero-order chi connectivity index (χ0) is 21.2. The molecule has 162 valence electrons. The summed E-state index contributed by atoms with van der Waals surface area (Å²) in [4.78, 5) is 38.3. The number of hydrogen-bond acceptors (Lipinski definition) is 8. The topological polar surface area (TPSA) is 107 Å². The number of nitrogens with zero attached hydrogens (tertiary/aromatic N) is 1. The molecule has 0 saturated carbocycles. The van der Waals surface area contributed by atoms with Gasteiger partial charge in [0.2, 0.25) is 11.8 Å². The van der Waals surface area contributed by atoms with Crippen LogP contribution in [0, 0.1) is 0 Å². The first kappa shape index (κ1) is 25.4. The maximum absolute atomic E-state index is 11.8. The van der Waals surface area contributed by atoms with Crippen LogP contribution in [0.15, 0.2) is 29.4 Å². The van der Waals surface area contributed by atoms with Crippen molar-refractivity contribution in [2.24, 2.45) is 0 Å². The molecule has 8 nitrogen and oxygen atoms in total. The predicted molar refractivity (Wildman–Crippen MR) is 115 cm³/mol. The number of rotatable bonds is 17. The van der Waals surface area contributed by atoms with Crippen LogP contribution in [-0.4, -0.2) is 67.9 Å². The van der Waals surface area contributed by atoms with E-state index < -0.39 is 0 Å². The molecule has 2 amide bonds. The summed E-state index contributed by atoms with van der Waals surface area (Å²) in [6.45, 7) is 3.55. The molecule has 1 rings (SSSR count). The first-order valence-electron chi connectivity index (χ1n) is 9.46. The van der Waals surface area contributed by atoms with Gasteiger partial charge in [-0.05, 0) is 29.3 Å².